The molecule has 0 aliphatic rings. The molecule has 0 saturated carbocycles. The quantitative estimate of drug-likeness (QED) is 0.358. The molecule has 56 valence electrons. The Balaban J connectivity index is 3.75. The summed E-state index contributed by atoms with van der Waals surface area (Å²) in [6.07, 6.45) is 0. The van der Waals surface area contributed by atoms with Crippen LogP contribution < -0.4 is 5.32 Å². The highest BCUT2D eigenvalue weighted by Gasteiger charge is 2.09. The summed E-state index contributed by atoms with van der Waals surface area (Å²) in [7, 11) is -1.79. The van der Waals surface area contributed by atoms with Crippen LogP contribution in [0.5, 0.6) is 0 Å². The second-order valence-electron chi connectivity index (χ2n) is 1.45. The van der Waals surface area contributed by atoms with Gasteiger partial charge in [-0.05, 0) is 14.0 Å². The zero-order valence-corrected chi connectivity index (χ0v) is 6.79. The van der Waals surface area contributed by atoms with Crippen molar-refractivity contribution in [3.63, 3.8) is 0 Å². The lowest BCUT2D eigenvalue weighted by atomic mass is 10.8. The first-order valence-corrected chi connectivity index (χ1v) is 5.12. The fourth-order valence-electron chi connectivity index (χ4n) is 0.231. The third-order valence-electron chi connectivity index (χ3n) is 0.672. The molecule has 4 nitrogen and oxygen atoms in total. The molecule has 1 unspecified atom stereocenters. The second-order valence-corrected chi connectivity index (χ2v) is 5.05. The Morgan fingerprint density at radius 1 is 1.67 bits per heavy atom. The van der Waals surface area contributed by atoms with Gasteiger partial charge < -0.3 is 5.32 Å². The zero-order chi connectivity index (χ0) is 7.49. The van der Waals surface area contributed by atoms with E-state index in [0.717, 1.165) is 0 Å². The van der Waals surface area contributed by atoms with Crippen LogP contribution in [0, 0.1) is 0 Å². The van der Waals surface area contributed by atoms with Crippen molar-refractivity contribution in [1.82, 2.24) is 5.32 Å². The predicted molar refractivity (Wildman–Crippen MR) is 37.7 cm³/mol. The summed E-state index contributed by atoms with van der Waals surface area (Å²) < 4.78 is 28.4. The summed E-state index contributed by atoms with van der Waals surface area (Å²) in [5.74, 6) is 0. The Morgan fingerprint density at radius 2 is 2.11 bits per heavy atom. The normalized spacial score (nSPS) is 15.4. The van der Waals surface area contributed by atoms with Crippen molar-refractivity contribution >= 4 is 19.9 Å². The molecule has 0 fully saturated rings. The molecule has 2 N–H and O–H groups in total. The van der Waals surface area contributed by atoms with Crippen LogP contribution in [0.1, 0.15) is 6.92 Å². The lowest BCUT2D eigenvalue weighted by molar-refractivity contribution is 0.502. The summed E-state index contributed by atoms with van der Waals surface area (Å²) in [5.41, 5.74) is 0. The van der Waals surface area contributed by atoms with E-state index in [1.807, 2.05) is 0 Å². The Hall–Kier alpha value is 0.220. The van der Waals surface area contributed by atoms with Crippen LogP contribution in [0.25, 0.3) is 0 Å². The first kappa shape index (κ1) is 9.22. The zero-order valence-electron chi connectivity index (χ0n) is 5.16. The summed E-state index contributed by atoms with van der Waals surface area (Å²) in [4.78, 5) is 0. The van der Waals surface area contributed by atoms with Gasteiger partial charge in [0.1, 0.15) is 0 Å². The molecule has 0 bridgehead atoms. The monoisotopic (exact) mass is 171 g/mol. The van der Waals surface area contributed by atoms with Crippen molar-refractivity contribution in [2.24, 2.45) is 0 Å². The number of rotatable bonds is 3. The van der Waals surface area contributed by atoms with Crippen molar-refractivity contribution in [3.8, 4) is 0 Å². The minimum atomic E-state index is -3.88. The molecule has 0 aliphatic heterocycles. The van der Waals surface area contributed by atoms with Crippen molar-refractivity contribution in [3.05, 3.63) is 0 Å². The smallest absolute Gasteiger partial charge is 0.308 e. The average molecular weight is 171 g/mol. The molecule has 0 heterocycles. The molecule has 9 heavy (non-hydrogen) atoms. The molecule has 0 aromatic carbocycles. The van der Waals surface area contributed by atoms with Crippen molar-refractivity contribution < 1.29 is 13.0 Å². The van der Waals surface area contributed by atoms with Gasteiger partial charge in [-0.3, -0.25) is 4.55 Å². The van der Waals surface area contributed by atoms with E-state index < -0.39 is 9.15 Å². The van der Waals surface area contributed by atoms with Gasteiger partial charge in [0.15, 0.2) is 0 Å². The average Bonchev–Trinajstić information content (AvgIpc) is 1.62. The Morgan fingerprint density at radius 3 is 2.22 bits per heavy atom. The lowest BCUT2D eigenvalue weighted by Gasteiger charge is -2.04. The van der Waals surface area contributed by atoms with E-state index in [1.54, 1.807) is 14.0 Å². The van der Waals surface area contributed by atoms with Gasteiger partial charge in [0.05, 0.1) is 5.37 Å². The van der Waals surface area contributed by atoms with E-state index in [1.165, 1.54) is 0 Å². The number of hydrogen-bond acceptors (Lipinski definition) is 4. The molecule has 0 aromatic heterocycles. The van der Waals surface area contributed by atoms with E-state index >= 15 is 0 Å². The number of hydrogen-bond donors (Lipinski definition) is 2. The van der Waals surface area contributed by atoms with Crippen LogP contribution in [0.4, 0.5) is 0 Å². The Labute approximate surface area is 58.2 Å². The molecule has 0 rings (SSSR count). The Bertz CT molecular complexity index is 164. The predicted octanol–water partition coefficient (Wildman–Crippen LogP) is 0.0878. The third-order valence-corrected chi connectivity index (χ3v) is 3.04. The van der Waals surface area contributed by atoms with Crippen LogP contribution in [-0.2, 0) is 9.15 Å². The fraction of sp³-hybridized carbons (Fsp3) is 1.00. The van der Waals surface area contributed by atoms with Crippen molar-refractivity contribution in [2.45, 2.75) is 12.3 Å². The lowest BCUT2D eigenvalue weighted by Crippen LogP contribution is -2.18. The van der Waals surface area contributed by atoms with Crippen LogP contribution >= 0.6 is 10.8 Å². The van der Waals surface area contributed by atoms with Gasteiger partial charge in [0, 0.05) is 10.8 Å². The molecule has 6 heteroatoms. The summed E-state index contributed by atoms with van der Waals surface area (Å²) in [6.45, 7) is 1.64. The molecular formula is C3H9NO3S2. The molecular weight excluding hydrogens is 162 g/mol. The van der Waals surface area contributed by atoms with Crippen LogP contribution in [0.3, 0.4) is 0 Å². The maximum atomic E-state index is 10.1. The van der Waals surface area contributed by atoms with Gasteiger partial charge in [-0.15, -0.1) is 0 Å². The maximum absolute atomic E-state index is 10.1. The standard InChI is InChI=1S/C3H9NO3S2/c1-3(4-2)8-9(5,6)7/h3-4H,1-2H3,(H,5,6,7). The minimum Gasteiger partial charge on any atom is -0.308 e. The van der Waals surface area contributed by atoms with Gasteiger partial charge in [-0.2, -0.15) is 8.42 Å². The molecule has 1 atom stereocenters. The van der Waals surface area contributed by atoms with Crippen LogP contribution in [0.2, 0.25) is 0 Å². The highest BCUT2D eigenvalue weighted by atomic mass is 33.1. The highest BCUT2D eigenvalue weighted by Crippen LogP contribution is 2.13. The van der Waals surface area contributed by atoms with E-state index in [-0.39, 0.29) is 5.37 Å². The molecule has 0 saturated heterocycles. The summed E-state index contributed by atoms with van der Waals surface area (Å²) >= 11 is 0. The van der Waals surface area contributed by atoms with Crippen LogP contribution in [0.15, 0.2) is 0 Å². The van der Waals surface area contributed by atoms with Gasteiger partial charge in [-0.25, -0.2) is 0 Å². The van der Waals surface area contributed by atoms with Gasteiger partial charge in [-0.1, -0.05) is 0 Å². The third kappa shape index (κ3) is 6.10. The second kappa shape index (κ2) is 3.40. The first-order chi connectivity index (χ1) is 3.95. The van der Waals surface area contributed by atoms with E-state index in [4.69, 9.17) is 4.55 Å². The molecule has 0 spiro atoms. The number of nitrogens with one attached hydrogen (secondary N) is 1. The Kier molecular flexibility index (Phi) is 3.49. The van der Waals surface area contributed by atoms with E-state index in [0.29, 0.717) is 10.8 Å². The molecule has 0 amide bonds. The summed E-state index contributed by atoms with van der Waals surface area (Å²) in [5, 5.41) is 2.37. The van der Waals surface area contributed by atoms with Crippen molar-refractivity contribution in [1.29, 1.82) is 0 Å². The SMILES string of the molecule is CNC(C)SS(=O)(=O)O. The molecule has 0 aromatic rings. The van der Waals surface area contributed by atoms with E-state index in [9.17, 15) is 8.42 Å². The fourth-order valence-corrected chi connectivity index (χ4v) is 2.07. The van der Waals surface area contributed by atoms with Crippen molar-refractivity contribution in [2.75, 3.05) is 7.05 Å². The summed E-state index contributed by atoms with van der Waals surface area (Å²) in [6, 6.07) is 0. The van der Waals surface area contributed by atoms with Crippen LogP contribution in [-0.4, -0.2) is 25.4 Å². The van der Waals surface area contributed by atoms with Gasteiger partial charge >= 0.3 is 9.15 Å². The van der Waals surface area contributed by atoms with E-state index in [2.05, 4.69) is 5.32 Å². The largest absolute Gasteiger partial charge is 0.321 e. The van der Waals surface area contributed by atoms with Gasteiger partial charge in [0.2, 0.25) is 0 Å². The topological polar surface area (TPSA) is 66.4 Å². The maximum Gasteiger partial charge on any atom is 0.321 e. The molecule has 0 radical (unpaired) electrons. The minimum absolute atomic E-state index is 0.278. The molecule has 0 aliphatic carbocycles. The highest BCUT2D eigenvalue weighted by molar-refractivity contribution is 8.70. The van der Waals surface area contributed by atoms with Gasteiger partial charge in [0.25, 0.3) is 0 Å². The first-order valence-electron chi connectivity index (χ1n) is 2.28.